The number of nitrogen functional groups attached to an aromatic ring is 1. The summed E-state index contributed by atoms with van der Waals surface area (Å²) in [6, 6.07) is 9.22. The van der Waals surface area contributed by atoms with Gasteiger partial charge in [0.1, 0.15) is 14.0 Å². The predicted molar refractivity (Wildman–Crippen MR) is 77.4 cm³/mol. The van der Waals surface area contributed by atoms with E-state index in [-0.39, 0.29) is 6.10 Å². The van der Waals surface area contributed by atoms with Crippen LogP contribution in [0.25, 0.3) is 0 Å². The van der Waals surface area contributed by atoms with E-state index in [0.717, 1.165) is 11.1 Å². The van der Waals surface area contributed by atoms with Crippen molar-refractivity contribution >= 4 is 25.3 Å². The van der Waals surface area contributed by atoms with E-state index >= 15 is 0 Å². The summed E-state index contributed by atoms with van der Waals surface area (Å²) in [6.07, 6.45) is 2.62. The van der Waals surface area contributed by atoms with Gasteiger partial charge in [-0.3, -0.25) is 0 Å². The van der Waals surface area contributed by atoms with E-state index in [4.69, 9.17) is 23.7 Å². The van der Waals surface area contributed by atoms with Crippen molar-refractivity contribution in [3.05, 3.63) is 47.7 Å². The third-order valence-electron chi connectivity index (χ3n) is 2.78. The lowest BCUT2D eigenvalue weighted by molar-refractivity contribution is 0.228. The topological polar surface area (TPSA) is 72.0 Å². The van der Waals surface area contributed by atoms with Crippen molar-refractivity contribution < 1.29 is 4.74 Å². The molecule has 0 aliphatic heterocycles. The summed E-state index contributed by atoms with van der Waals surface area (Å²) in [5, 5.41) is 7.16. The molecule has 0 bridgehead atoms. The Kier molecular flexibility index (Phi) is 3.85. The fraction of sp³-hybridized carbons (Fsp3) is 0.143. The van der Waals surface area contributed by atoms with Crippen molar-refractivity contribution in [2.45, 2.75) is 13.0 Å². The summed E-state index contributed by atoms with van der Waals surface area (Å²) in [6.45, 7) is 1.92. The standard InChI is InChI=1S/C14H14BN3O/c1-9(11-4-2-10(7-16)3-5-11)19-13-6-12(15)8-18-14(13)17/h2-9,16H,1H3,(H2,17,18). The second kappa shape index (κ2) is 5.56. The van der Waals surface area contributed by atoms with Crippen molar-refractivity contribution in [3.8, 4) is 5.75 Å². The molecular weight excluding hydrogens is 237 g/mol. The number of hydrogen-bond donors (Lipinski definition) is 2. The van der Waals surface area contributed by atoms with Gasteiger partial charge in [0.05, 0.1) is 0 Å². The molecule has 1 unspecified atom stereocenters. The molecule has 1 heterocycles. The number of nitrogens with zero attached hydrogens (tertiary/aromatic N) is 1. The Balaban J connectivity index is 2.17. The third-order valence-corrected chi connectivity index (χ3v) is 2.78. The zero-order valence-corrected chi connectivity index (χ0v) is 10.6. The van der Waals surface area contributed by atoms with E-state index in [1.807, 2.05) is 31.2 Å². The minimum Gasteiger partial charge on any atom is -0.482 e. The second-order valence-electron chi connectivity index (χ2n) is 4.22. The van der Waals surface area contributed by atoms with Crippen LogP contribution in [0, 0.1) is 5.41 Å². The average Bonchev–Trinajstić information content (AvgIpc) is 2.43. The number of benzene rings is 1. The maximum atomic E-state index is 7.16. The minimum atomic E-state index is -0.175. The van der Waals surface area contributed by atoms with Crippen molar-refractivity contribution in [3.63, 3.8) is 0 Å². The Morgan fingerprint density at radius 3 is 2.68 bits per heavy atom. The molecule has 0 aliphatic rings. The Morgan fingerprint density at radius 2 is 2.05 bits per heavy atom. The molecule has 0 aliphatic carbocycles. The van der Waals surface area contributed by atoms with Crippen LogP contribution in [0.4, 0.5) is 5.82 Å². The molecule has 0 fully saturated rings. The van der Waals surface area contributed by atoms with Gasteiger partial charge in [0.2, 0.25) is 0 Å². The summed E-state index contributed by atoms with van der Waals surface area (Å²) in [5.74, 6) is 0.792. The van der Waals surface area contributed by atoms with Crippen LogP contribution in [0.5, 0.6) is 5.75 Å². The molecule has 0 saturated heterocycles. The van der Waals surface area contributed by atoms with Gasteiger partial charge in [-0.15, -0.1) is 0 Å². The molecule has 4 nitrogen and oxygen atoms in total. The third kappa shape index (κ3) is 3.13. The van der Waals surface area contributed by atoms with E-state index in [1.165, 1.54) is 12.4 Å². The van der Waals surface area contributed by atoms with Gasteiger partial charge in [0.15, 0.2) is 11.6 Å². The molecule has 19 heavy (non-hydrogen) atoms. The number of anilines is 1. The molecule has 0 saturated carbocycles. The fourth-order valence-electron chi connectivity index (χ4n) is 1.69. The van der Waals surface area contributed by atoms with E-state index < -0.39 is 0 Å². The molecule has 2 radical (unpaired) electrons. The molecule has 0 spiro atoms. The first-order chi connectivity index (χ1) is 9.10. The monoisotopic (exact) mass is 251 g/mol. The summed E-state index contributed by atoms with van der Waals surface area (Å²) in [5.41, 5.74) is 8.09. The van der Waals surface area contributed by atoms with Crippen molar-refractivity contribution in [2.75, 3.05) is 5.73 Å². The highest BCUT2D eigenvalue weighted by atomic mass is 16.5. The number of ether oxygens (including phenoxy) is 1. The molecule has 1 atom stereocenters. The number of nitrogens with two attached hydrogens (primary N) is 1. The van der Waals surface area contributed by atoms with Gasteiger partial charge in [-0.1, -0.05) is 29.7 Å². The first kappa shape index (κ1) is 13.1. The van der Waals surface area contributed by atoms with Crippen LogP contribution >= 0.6 is 0 Å². The van der Waals surface area contributed by atoms with Crippen molar-refractivity contribution in [2.24, 2.45) is 0 Å². The predicted octanol–water partition coefficient (Wildman–Crippen LogP) is 1.60. The largest absolute Gasteiger partial charge is 0.482 e. The molecule has 2 aromatic rings. The van der Waals surface area contributed by atoms with Crippen LogP contribution in [0.2, 0.25) is 0 Å². The van der Waals surface area contributed by atoms with Gasteiger partial charge in [0, 0.05) is 12.4 Å². The van der Waals surface area contributed by atoms with Crippen LogP contribution in [0.1, 0.15) is 24.2 Å². The lowest BCUT2D eigenvalue weighted by atomic mass is 9.99. The molecule has 0 amide bonds. The highest BCUT2D eigenvalue weighted by Gasteiger charge is 2.10. The smallest absolute Gasteiger partial charge is 0.166 e. The molecule has 3 N–H and O–H groups in total. The van der Waals surface area contributed by atoms with Crippen LogP contribution in [-0.4, -0.2) is 19.0 Å². The second-order valence-corrected chi connectivity index (χ2v) is 4.22. The Hall–Kier alpha value is -2.30. The molecule has 94 valence electrons. The van der Waals surface area contributed by atoms with Crippen LogP contribution in [-0.2, 0) is 0 Å². The van der Waals surface area contributed by atoms with E-state index in [9.17, 15) is 0 Å². The van der Waals surface area contributed by atoms with Crippen LogP contribution in [0.3, 0.4) is 0 Å². The van der Waals surface area contributed by atoms with Crippen molar-refractivity contribution in [1.29, 1.82) is 5.41 Å². The molecule has 1 aromatic heterocycles. The van der Waals surface area contributed by atoms with Crippen LogP contribution in [0.15, 0.2) is 36.5 Å². The zero-order valence-electron chi connectivity index (χ0n) is 10.6. The Morgan fingerprint density at radius 1 is 1.37 bits per heavy atom. The zero-order chi connectivity index (χ0) is 13.8. The highest BCUT2D eigenvalue weighted by Crippen LogP contribution is 2.24. The van der Waals surface area contributed by atoms with Gasteiger partial charge in [-0.05, 0) is 24.1 Å². The van der Waals surface area contributed by atoms with Crippen molar-refractivity contribution in [1.82, 2.24) is 4.98 Å². The molecule has 2 rings (SSSR count). The van der Waals surface area contributed by atoms with Gasteiger partial charge in [0.25, 0.3) is 0 Å². The van der Waals surface area contributed by atoms with Gasteiger partial charge < -0.3 is 15.9 Å². The maximum absolute atomic E-state index is 7.16. The number of nitrogens with one attached hydrogen (secondary N) is 1. The minimum absolute atomic E-state index is 0.175. The van der Waals surface area contributed by atoms with E-state index in [0.29, 0.717) is 17.0 Å². The van der Waals surface area contributed by atoms with Crippen LogP contribution < -0.4 is 15.9 Å². The number of pyridine rings is 1. The lowest BCUT2D eigenvalue weighted by Crippen LogP contribution is -2.10. The normalized spacial score (nSPS) is 11.8. The number of aromatic nitrogens is 1. The summed E-state index contributed by atoms with van der Waals surface area (Å²) in [7, 11) is 5.66. The van der Waals surface area contributed by atoms with Gasteiger partial charge in [-0.25, -0.2) is 4.98 Å². The number of rotatable bonds is 4. The summed E-state index contributed by atoms with van der Waals surface area (Å²) in [4.78, 5) is 3.95. The van der Waals surface area contributed by atoms with E-state index in [2.05, 4.69) is 4.98 Å². The van der Waals surface area contributed by atoms with Gasteiger partial charge >= 0.3 is 0 Å². The molecule has 5 heteroatoms. The van der Waals surface area contributed by atoms with E-state index in [1.54, 1.807) is 6.07 Å². The Labute approximate surface area is 113 Å². The quantitative estimate of drug-likeness (QED) is 0.640. The number of hydrogen-bond acceptors (Lipinski definition) is 4. The highest BCUT2D eigenvalue weighted by molar-refractivity contribution is 6.32. The molecule has 1 aromatic carbocycles. The fourth-order valence-corrected chi connectivity index (χ4v) is 1.69. The average molecular weight is 251 g/mol. The first-order valence-electron chi connectivity index (χ1n) is 5.88. The summed E-state index contributed by atoms with van der Waals surface area (Å²) < 4.78 is 5.76. The Bertz CT molecular complexity index is 584. The van der Waals surface area contributed by atoms with Gasteiger partial charge in [-0.2, -0.15) is 0 Å². The molecular formula is C14H14BN3O. The summed E-state index contributed by atoms with van der Waals surface area (Å²) >= 11 is 0. The maximum Gasteiger partial charge on any atom is 0.166 e. The lowest BCUT2D eigenvalue weighted by Gasteiger charge is -2.16. The SMILES string of the molecule is [B]c1cnc(N)c(OC(C)c2ccc(C=N)cc2)c1. The first-order valence-corrected chi connectivity index (χ1v) is 5.88.